The van der Waals surface area contributed by atoms with Crippen LogP contribution in [0.25, 0.3) is 0 Å². The Hall–Kier alpha value is -1.88. The van der Waals surface area contributed by atoms with Crippen molar-refractivity contribution < 1.29 is 4.43 Å². The standard InChI is InChI=1S/C14H19N3OSi/c1-17-11-9-12(16-17)8-10-15-13-6-4-5-7-14(13)18-19(2)3/h4-7,9-11,19H,8H2,1-3H3. The van der Waals surface area contributed by atoms with Gasteiger partial charge in [-0.05, 0) is 31.3 Å². The van der Waals surface area contributed by atoms with Crippen LogP contribution in [0.3, 0.4) is 0 Å². The SMILES string of the molecule is Cn1ccc(CC=Nc2ccccc2O[SiH](C)C)n1. The van der Waals surface area contributed by atoms with Gasteiger partial charge in [0.15, 0.2) is 0 Å². The van der Waals surface area contributed by atoms with E-state index in [1.165, 1.54) is 0 Å². The Morgan fingerprint density at radius 2 is 2.11 bits per heavy atom. The summed E-state index contributed by atoms with van der Waals surface area (Å²) in [4.78, 5) is 4.49. The van der Waals surface area contributed by atoms with Crippen molar-refractivity contribution in [3.05, 3.63) is 42.2 Å². The summed E-state index contributed by atoms with van der Waals surface area (Å²) in [5.41, 5.74) is 1.91. The van der Waals surface area contributed by atoms with Crippen molar-refractivity contribution in [3.63, 3.8) is 0 Å². The van der Waals surface area contributed by atoms with Crippen LogP contribution in [0.4, 0.5) is 5.69 Å². The summed E-state index contributed by atoms with van der Waals surface area (Å²) in [5.74, 6) is 0.876. The van der Waals surface area contributed by atoms with Gasteiger partial charge in [0.2, 0.25) is 9.04 Å². The van der Waals surface area contributed by atoms with E-state index in [4.69, 9.17) is 4.43 Å². The molecule has 0 unspecified atom stereocenters. The van der Waals surface area contributed by atoms with Crippen LogP contribution in [-0.4, -0.2) is 25.0 Å². The summed E-state index contributed by atoms with van der Waals surface area (Å²) in [6.45, 7) is 4.29. The highest BCUT2D eigenvalue weighted by molar-refractivity contribution is 6.49. The zero-order chi connectivity index (χ0) is 13.7. The van der Waals surface area contributed by atoms with Gasteiger partial charge in [0.05, 0.1) is 5.69 Å². The predicted molar refractivity (Wildman–Crippen MR) is 81.0 cm³/mol. The van der Waals surface area contributed by atoms with Crippen LogP contribution in [-0.2, 0) is 13.5 Å². The predicted octanol–water partition coefficient (Wildman–Crippen LogP) is 2.73. The monoisotopic (exact) mass is 273 g/mol. The number of aliphatic imine (C=N–C) groups is 1. The van der Waals surface area contributed by atoms with E-state index in [0.717, 1.165) is 23.6 Å². The minimum atomic E-state index is -1.10. The molecule has 0 aliphatic carbocycles. The number of benzene rings is 1. The molecule has 19 heavy (non-hydrogen) atoms. The van der Waals surface area contributed by atoms with E-state index >= 15 is 0 Å². The summed E-state index contributed by atoms with van der Waals surface area (Å²) < 4.78 is 7.65. The van der Waals surface area contributed by atoms with Crippen molar-refractivity contribution >= 4 is 20.9 Å². The van der Waals surface area contributed by atoms with Crippen LogP contribution < -0.4 is 4.43 Å². The molecule has 2 aromatic rings. The summed E-state index contributed by atoms with van der Waals surface area (Å²) in [6.07, 6.45) is 4.55. The van der Waals surface area contributed by atoms with Crippen molar-refractivity contribution in [2.24, 2.45) is 12.0 Å². The van der Waals surface area contributed by atoms with Gasteiger partial charge in [-0.25, -0.2) is 0 Å². The lowest BCUT2D eigenvalue weighted by Crippen LogP contribution is -2.11. The van der Waals surface area contributed by atoms with Crippen molar-refractivity contribution in [1.82, 2.24) is 9.78 Å². The number of para-hydroxylation sites is 2. The topological polar surface area (TPSA) is 39.4 Å². The molecular formula is C14H19N3OSi. The van der Waals surface area contributed by atoms with Crippen LogP contribution in [0.15, 0.2) is 41.5 Å². The molecule has 0 saturated carbocycles. The van der Waals surface area contributed by atoms with Gasteiger partial charge in [-0.3, -0.25) is 9.67 Å². The van der Waals surface area contributed by atoms with Gasteiger partial charge >= 0.3 is 0 Å². The third kappa shape index (κ3) is 4.06. The molecule has 0 saturated heterocycles. The molecule has 0 fully saturated rings. The van der Waals surface area contributed by atoms with Crippen molar-refractivity contribution in [2.75, 3.05) is 0 Å². The third-order valence-corrected chi connectivity index (χ3v) is 3.25. The fourth-order valence-electron chi connectivity index (χ4n) is 1.73. The first-order chi connectivity index (χ1) is 9.15. The zero-order valence-electron chi connectivity index (χ0n) is 11.6. The van der Waals surface area contributed by atoms with Crippen LogP contribution in [0.1, 0.15) is 5.69 Å². The fraction of sp³-hybridized carbons (Fsp3) is 0.286. The maximum Gasteiger partial charge on any atom is 0.229 e. The summed E-state index contributed by atoms with van der Waals surface area (Å²) in [6, 6.07) is 9.89. The highest BCUT2D eigenvalue weighted by atomic mass is 28.3. The molecule has 0 aliphatic heterocycles. The van der Waals surface area contributed by atoms with Gasteiger partial charge in [-0.1, -0.05) is 12.1 Å². The largest absolute Gasteiger partial charge is 0.546 e. The fourth-order valence-corrected chi connectivity index (χ4v) is 2.43. The maximum atomic E-state index is 5.86. The van der Waals surface area contributed by atoms with E-state index < -0.39 is 9.04 Å². The minimum absolute atomic E-state index is 0.730. The molecule has 1 heterocycles. The Morgan fingerprint density at radius 1 is 1.32 bits per heavy atom. The number of aromatic nitrogens is 2. The second-order valence-electron chi connectivity index (χ2n) is 4.63. The number of nitrogens with zero attached hydrogens (tertiary/aromatic N) is 3. The first-order valence-electron chi connectivity index (χ1n) is 6.42. The third-order valence-electron chi connectivity index (χ3n) is 2.53. The van der Waals surface area contributed by atoms with Gasteiger partial charge in [0.25, 0.3) is 0 Å². The van der Waals surface area contributed by atoms with Gasteiger partial charge in [0.1, 0.15) is 11.4 Å². The van der Waals surface area contributed by atoms with Gasteiger partial charge in [0, 0.05) is 25.9 Å². The van der Waals surface area contributed by atoms with E-state index in [0.29, 0.717) is 0 Å². The second kappa shape index (κ2) is 6.33. The molecule has 100 valence electrons. The summed E-state index contributed by atoms with van der Waals surface area (Å²) >= 11 is 0. The molecular weight excluding hydrogens is 254 g/mol. The molecule has 0 bridgehead atoms. The Morgan fingerprint density at radius 3 is 2.79 bits per heavy atom. The number of hydrogen-bond donors (Lipinski definition) is 0. The number of aryl methyl sites for hydroxylation is 1. The maximum absolute atomic E-state index is 5.86. The quantitative estimate of drug-likeness (QED) is 0.620. The average molecular weight is 273 g/mol. The van der Waals surface area contributed by atoms with Crippen LogP contribution >= 0.6 is 0 Å². The summed E-state index contributed by atoms with van der Waals surface area (Å²) in [5, 5.41) is 4.31. The van der Waals surface area contributed by atoms with Crippen LogP contribution in [0.5, 0.6) is 5.75 Å². The molecule has 1 aromatic carbocycles. The van der Waals surface area contributed by atoms with Gasteiger partial charge in [-0.2, -0.15) is 5.10 Å². The zero-order valence-corrected chi connectivity index (χ0v) is 12.7. The molecule has 0 spiro atoms. The molecule has 0 atom stereocenters. The number of rotatable bonds is 5. The number of hydrogen-bond acceptors (Lipinski definition) is 3. The molecule has 0 N–H and O–H groups in total. The highest BCUT2D eigenvalue weighted by Crippen LogP contribution is 2.26. The molecule has 5 heteroatoms. The Bertz CT molecular complexity index is 563. The first-order valence-corrected chi connectivity index (χ1v) is 9.20. The Balaban J connectivity index is 2.05. The molecule has 1 aromatic heterocycles. The lowest BCUT2D eigenvalue weighted by Gasteiger charge is -2.11. The molecule has 0 amide bonds. The lowest BCUT2D eigenvalue weighted by atomic mass is 10.3. The second-order valence-corrected chi connectivity index (χ2v) is 6.96. The van der Waals surface area contributed by atoms with Gasteiger partial charge < -0.3 is 4.43 Å². The van der Waals surface area contributed by atoms with Gasteiger partial charge in [-0.15, -0.1) is 0 Å². The van der Waals surface area contributed by atoms with E-state index in [1.54, 1.807) is 4.68 Å². The smallest absolute Gasteiger partial charge is 0.229 e. The molecule has 2 rings (SSSR count). The van der Waals surface area contributed by atoms with E-state index in [9.17, 15) is 0 Å². The lowest BCUT2D eigenvalue weighted by molar-refractivity contribution is 0.582. The average Bonchev–Trinajstić information content (AvgIpc) is 2.77. The first kappa shape index (κ1) is 13.5. The Kier molecular flexibility index (Phi) is 4.51. The highest BCUT2D eigenvalue weighted by Gasteiger charge is 2.03. The van der Waals surface area contributed by atoms with Crippen molar-refractivity contribution in [2.45, 2.75) is 19.5 Å². The van der Waals surface area contributed by atoms with Crippen LogP contribution in [0, 0.1) is 0 Å². The molecule has 4 nitrogen and oxygen atoms in total. The molecule has 0 radical (unpaired) electrons. The van der Waals surface area contributed by atoms with E-state index in [2.05, 4.69) is 23.2 Å². The van der Waals surface area contributed by atoms with Crippen LogP contribution in [0.2, 0.25) is 13.1 Å². The van der Waals surface area contributed by atoms with Crippen molar-refractivity contribution in [3.8, 4) is 5.75 Å². The van der Waals surface area contributed by atoms with E-state index in [1.807, 2.05) is 49.8 Å². The normalized spacial score (nSPS) is 11.4. The minimum Gasteiger partial charge on any atom is -0.546 e. The Labute approximate surface area is 115 Å². The molecule has 0 aliphatic rings. The summed E-state index contributed by atoms with van der Waals surface area (Å²) in [7, 11) is 0.809. The van der Waals surface area contributed by atoms with Crippen molar-refractivity contribution in [1.29, 1.82) is 0 Å². The van der Waals surface area contributed by atoms with E-state index in [-0.39, 0.29) is 0 Å².